The van der Waals surface area contributed by atoms with Crippen LogP contribution in [-0.4, -0.2) is 15.1 Å². The molecule has 3 nitrogen and oxygen atoms in total. The van der Waals surface area contributed by atoms with E-state index in [-0.39, 0.29) is 0 Å². The second kappa shape index (κ2) is 4.55. The van der Waals surface area contributed by atoms with Crippen molar-refractivity contribution in [2.24, 2.45) is 0 Å². The number of hydrogen-bond donors (Lipinski definition) is 2. The molecule has 1 atom stereocenters. The molecule has 0 bridgehead atoms. The third-order valence-electron chi connectivity index (χ3n) is 2.32. The van der Waals surface area contributed by atoms with Crippen molar-refractivity contribution in [1.29, 1.82) is 0 Å². The lowest BCUT2D eigenvalue weighted by molar-refractivity contribution is 0.198. The van der Waals surface area contributed by atoms with Crippen molar-refractivity contribution in [2.45, 2.75) is 13.0 Å². The van der Waals surface area contributed by atoms with Gasteiger partial charge in [0.2, 0.25) is 0 Å². The van der Waals surface area contributed by atoms with Crippen LogP contribution in [-0.2, 0) is 0 Å². The zero-order valence-corrected chi connectivity index (χ0v) is 9.66. The number of nitrogens with one attached hydrogen (secondary N) is 1. The molecule has 0 aliphatic carbocycles. The predicted octanol–water partition coefficient (Wildman–Crippen LogP) is 2.86. The molecule has 1 unspecified atom stereocenters. The van der Waals surface area contributed by atoms with E-state index in [0.29, 0.717) is 10.2 Å². The maximum Gasteiger partial charge on any atom is 0.138 e. The van der Waals surface area contributed by atoms with Crippen molar-refractivity contribution in [3.63, 3.8) is 0 Å². The summed E-state index contributed by atoms with van der Waals surface area (Å²) in [6, 6.07) is 9.74. The molecule has 82 valence electrons. The number of rotatable bonds is 2. The Morgan fingerprint density at radius 3 is 2.56 bits per heavy atom. The van der Waals surface area contributed by atoms with Crippen LogP contribution in [0.15, 0.2) is 36.5 Å². The summed E-state index contributed by atoms with van der Waals surface area (Å²) < 4.78 is 0.531. The van der Waals surface area contributed by atoms with Crippen molar-refractivity contribution in [3.8, 4) is 11.4 Å². The number of aromatic amines is 1. The number of H-pyrrole nitrogens is 1. The average Bonchev–Trinajstić information content (AvgIpc) is 2.29. The fourth-order valence-corrected chi connectivity index (χ4v) is 1.76. The van der Waals surface area contributed by atoms with Gasteiger partial charge in [-0.3, -0.25) is 0 Å². The molecule has 1 aromatic heterocycles. The van der Waals surface area contributed by atoms with Gasteiger partial charge in [-0.15, -0.1) is 0 Å². The van der Waals surface area contributed by atoms with Crippen LogP contribution in [0, 0.1) is 4.64 Å². The van der Waals surface area contributed by atoms with E-state index >= 15 is 0 Å². The molecule has 4 heteroatoms. The number of hydrogen-bond acceptors (Lipinski definition) is 3. The quantitative estimate of drug-likeness (QED) is 0.783. The molecule has 2 N–H and O–H groups in total. The Balaban J connectivity index is 2.47. The van der Waals surface area contributed by atoms with Gasteiger partial charge in [0.05, 0.1) is 6.10 Å². The summed E-state index contributed by atoms with van der Waals surface area (Å²) in [5.41, 5.74) is 1.63. The molecule has 0 saturated carbocycles. The maximum absolute atomic E-state index is 9.44. The van der Waals surface area contributed by atoms with Crippen LogP contribution in [0.2, 0.25) is 0 Å². The third kappa shape index (κ3) is 2.18. The van der Waals surface area contributed by atoms with E-state index in [1.165, 1.54) is 0 Å². The summed E-state index contributed by atoms with van der Waals surface area (Å²) in [5, 5.41) is 9.44. The largest absolute Gasteiger partial charge is 0.389 e. The Morgan fingerprint density at radius 1 is 1.31 bits per heavy atom. The van der Waals surface area contributed by atoms with Crippen molar-refractivity contribution in [3.05, 3.63) is 46.7 Å². The zero-order valence-electron chi connectivity index (χ0n) is 8.84. The van der Waals surface area contributed by atoms with Gasteiger partial charge >= 0.3 is 0 Å². The van der Waals surface area contributed by atoms with Gasteiger partial charge in [0.15, 0.2) is 0 Å². The van der Waals surface area contributed by atoms with E-state index in [1.54, 1.807) is 13.1 Å². The summed E-state index contributed by atoms with van der Waals surface area (Å²) in [6.07, 6.45) is 1.02. The second-order valence-electron chi connectivity index (χ2n) is 3.56. The second-order valence-corrected chi connectivity index (χ2v) is 3.97. The molecule has 0 fully saturated rings. The third-order valence-corrected chi connectivity index (χ3v) is 2.66. The molecule has 16 heavy (non-hydrogen) atoms. The topological polar surface area (TPSA) is 48.9 Å². The highest BCUT2D eigenvalue weighted by Gasteiger charge is 2.05. The van der Waals surface area contributed by atoms with Gasteiger partial charge in [0, 0.05) is 17.3 Å². The first kappa shape index (κ1) is 11.0. The lowest BCUT2D eigenvalue weighted by Crippen LogP contribution is -1.98. The molecule has 0 aliphatic rings. The Kier molecular flexibility index (Phi) is 3.12. The van der Waals surface area contributed by atoms with E-state index in [2.05, 4.69) is 9.97 Å². The summed E-state index contributed by atoms with van der Waals surface area (Å²) in [7, 11) is 0. The van der Waals surface area contributed by atoms with Gasteiger partial charge in [-0.25, -0.2) is 4.98 Å². The summed E-state index contributed by atoms with van der Waals surface area (Å²) in [5.74, 6) is 0.718. The van der Waals surface area contributed by atoms with Gasteiger partial charge < -0.3 is 10.1 Å². The van der Waals surface area contributed by atoms with Crippen LogP contribution in [0.1, 0.15) is 18.6 Å². The normalized spacial score (nSPS) is 12.4. The number of aliphatic hydroxyl groups excluding tert-OH is 1. The molecule has 1 aromatic carbocycles. The van der Waals surface area contributed by atoms with Gasteiger partial charge in [0.25, 0.3) is 0 Å². The molecule has 0 amide bonds. The molecule has 1 heterocycles. The predicted molar refractivity (Wildman–Crippen MR) is 65.5 cm³/mol. The highest BCUT2D eigenvalue weighted by Crippen LogP contribution is 2.17. The number of aromatic nitrogens is 2. The molecular formula is C12H12N2OS. The molecule has 0 radical (unpaired) electrons. The summed E-state index contributed by atoms with van der Waals surface area (Å²) >= 11 is 5.16. The highest BCUT2D eigenvalue weighted by atomic mass is 32.1. The standard InChI is InChI=1S/C12H12N2OS/c1-8(15)10-7-13-11(14-12(10)16)9-5-3-2-4-6-9/h2-8,15H,1H3,(H,13,14,16). The maximum atomic E-state index is 9.44. The van der Waals surface area contributed by atoms with Gasteiger partial charge in [0.1, 0.15) is 10.5 Å². The minimum atomic E-state index is -0.596. The molecule has 0 saturated heterocycles. The van der Waals surface area contributed by atoms with Crippen molar-refractivity contribution < 1.29 is 5.11 Å². The molecule has 2 aromatic rings. The summed E-state index contributed by atoms with van der Waals surface area (Å²) in [4.78, 5) is 7.27. The lowest BCUT2D eigenvalue weighted by atomic mass is 10.2. The van der Waals surface area contributed by atoms with Crippen LogP contribution in [0.5, 0.6) is 0 Å². The van der Waals surface area contributed by atoms with Crippen molar-refractivity contribution >= 4 is 12.2 Å². The first-order valence-corrected chi connectivity index (χ1v) is 5.42. The van der Waals surface area contributed by atoms with E-state index in [1.807, 2.05) is 30.3 Å². The zero-order chi connectivity index (χ0) is 11.5. The molecule has 2 rings (SSSR count). The van der Waals surface area contributed by atoms with E-state index < -0.39 is 6.10 Å². The van der Waals surface area contributed by atoms with Crippen molar-refractivity contribution in [2.75, 3.05) is 0 Å². The van der Waals surface area contributed by atoms with Gasteiger partial charge in [-0.05, 0) is 6.92 Å². The Labute approximate surface area is 98.8 Å². The van der Waals surface area contributed by atoms with Crippen LogP contribution < -0.4 is 0 Å². The SMILES string of the molecule is CC(O)c1cnc(-c2ccccc2)[nH]c1=S. The Bertz CT molecular complexity index is 534. The van der Waals surface area contributed by atoms with Crippen LogP contribution in [0.3, 0.4) is 0 Å². The fourth-order valence-electron chi connectivity index (χ4n) is 1.45. The Morgan fingerprint density at radius 2 is 2.00 bits per heavy atom. The molecule has 0 aliphatic heterocycles. The van der Waals surface area contributed by atoms with Gasteiger partial charge in [-0.2, -0.15) is 0 Å². The van der Waals surface area contributed by atoms with E-state index in [9.17, 15) is 5.11 Å². The molecular weight excluding hydrogens is 220 g/mol. The number of nitrogens with zero attached hydrogens (tertiary/aromatic N) is 1. The van der Waals surface area contributed by atoms with Crippen LogP contribution >= 0.6 is 12.2 Å². The fraction of sp³-hybridized carbons (Fsp3) is 0.167. The monoisotopic (exact) mass is 232 g/mol. The van der Waals surface area contributed by atoms with Crippen LogP contribution in [0.25, 0.3) is 11.4 Å². The van der Waals surface area contributed by atoms with Crippen LogP contribution in [0.4, 0.5) is 0 Å². The minimum absolute atomic E-state index is 0.531. The van der Waals surface area contributed by atoms with E-state index in [0.717, 1.165) is 11.4 Å². The lowest BCUT2D eigenvalue weighted by Gasteiger charge is -2.06. The average molecular weight is 232 g/mol. The molecule has 0 spiro atoms. The number of benzene rings is 1. The first-order chi connectivity index (χ1) is 7.68. The number of aliphatic hydroxyl groups is 1. The first-order valence-electron chi connectivity index (χ1n) is 5.01. The highest BCUT2D eigenvalue weighted by molar-refractivity contribution is 7.71. The Hall–Kier alpha value is -1.52. The summed E-state index contributed by atoms with van der Waals surface area (Å²) in [6.45, 7) is 1.67. The van der Waals surface area contributed by atoms with Crippen molar-refractivity contribution in [1.82, 2.24) is 9.97 Å². The van der Waals surface area contributed by atoms with E-state index in [4.69, 9.17) is 12.2 Å². The smallest absolute Gasteiger partial charge is 0.138 e. The minimum Gasteiger partial charge on any atom is -0.389 e. The van der Waals surface area contributed by atoms with Gasteiger partial charge in [-0.1, -0.05) is 42.5 Å².